The molecule has 0 saturated carbocycles. The average molecular weight is 293 g/mol. The monoisotopic (exact) mass is 293 g/mol. The molecule has 0 saturated heterocycles. The molecule has 0 aromatic carbocycles. The molecule has 1 unspecified atom stereocenters. The number of H-pyrrole nitrogens is 1. The van der Waals surface area contributed by atoms with Crippen LogP contribution in [0.2, 0.25) is 0 Å². The van der Waals surface area contributed by atoms with E-state index in [4.69, 9.17) is 4.74 Å². The molecule has 5 heteroatoms. The smallest absolute Gasteiger partial charge is 0.323 e. The van der Waals surface area contributed by atoms with Crippen molar-refractivity contribution >= 4 is 5.97 Å². The Morgan fingerprint density at radius 2 is 2.33 bits per heavy atom. The number of carbonyl (C=O) groups is 1. The summed E-state index contributed by atoms with van der Waals surface area (Å²) in [6.07, 6.45) is 9.20. The first-order valence-electron chi connectivity index (χ1n) is 7.71. The Bertz CT molecular complexity index is 404. The minimum Gasteiger partial charge on any atom is -0.465 e. The molecule has 1 aromatic rings. The Morgan fingerprint density at radius 3 is 2.90 bits per heavy atom. The van der Waals surface area contributed by atoms with Gasteiger partial charge < -0.3 is 9.72 Å². The van der Waals surface area contributed by atoms with E-state index in [2.05, 4.69) is 28.4 Å². The number of aromatic amines is 1. The molecule has 0 amide bonds. The number of esters is 1. The SMILES string of the molecule is C=CCN(CCCCC)C(Cc1cnc[nH]1)C(=O)OCC. The van der Waals surface area contributed by atoms with Crippen molar-refractivity contribution in [2.45, 2.75) is 45.6 Å². The molecule has 1 N–H and O–H groups in total. The Morgan fingerprint density at radius 1 is 1.52 bits per heavy atom. The Labute approximate surface area is 127 Å². The Hall–Kier alpha value is -1.62. The van der Waals surface area contributed by atoms with Crippen molar-refractivity contribution in [3.05, 3.63) is 30.9 Å². The van der Waals surface area contributed by atoms with Crippen molar-refractivity contribution in [1.29, 1.82) is 0 Å². The molecule has 118 valence electrons. The first kappa shape index (κ1) is 17.4. The molecule has 1 rings (SSSR count). The third kappa shape index (κ3) is 6.12. The van der Waals surface area contributed by atoms with Crippen LogP contribution in [0.25, 0.3) is 0 Å². The number of nitrogens with one attached hydrogen (secondary N) is 1. The van der Waals surface area contributed by atoms with E-state index in [0.29, 0.717) is 19.6 Å². The minimum atomic E-state index is -0.291. The van der Waals surface area contributed by atoms with E-state index < -0.39 is 0 Å². The standard InChI is InChI=1S/C16H27N3O2/c1-4-7-8-10-19(9-5-2)15(16(20)21-6-3)11-14-12-17-13-18-14/h5,12-13,15H,2,4,6-11H2,1,3H3,(H,17,18). The number of ether oxygens (including phenoxy) is 1. The van der Waals surface area contributed by atoms with Gasteiger partial charge in [-0.2, -0.15) is 0 Å². The molecule has 0 aliphatic carbocycles. The van der Waals surface area contributed by atoms with Gasteiger partial charge in [-0.1, -0.05) is 25.8 Å². The normalized spacial score (nSPS) is 12.3. The number of imidazole rings is 1. The summed E-state index contributed by atoms with van der Waals surface area (Å²) in [5.74, 6) is -0.176. The van der Waals surface area contributed by atoms with Crippen molar-refractivity contribution < 1.29 is 9.53 Å². The summed E-state index contributed by atoms with van der Waals surface area (Å²) in [4.78, 5) is 21.5. The lowest BCUT2D eigenvalue weighted by Gasteiger charge is -2.28. The highest BCUT2D eigenvalue weighted by Gasteiger charge is 2.27. The van der Waals surface area contributed by atoms with E-state index in [0.717, 1.165) is 31.5 Å². The summed E-state index contributed by atoms with van der Waals surface area (Å²) in [6.45, 7) is 9.76. The third-order valence-electron chi connectivity index (χ3n) is 3.38. The second-order valence-corrected chi connectivity index (χ2v) is 5.04. The van der Waals surface area contributed by atoms with Gasteiger partial charge in [0.15, 0.2) is 0 Å². The van der Waals surface area contributed by atoms with Crippen LogP contribution in [0.1, 0.15) is 38.8 Å². The van der Waals surface area contributed by atoms with Gasteiger partial charge in [0.25, 0.3) is 0 Å². The molecule has 0 bridgehead atoms. The van der Waals surface area contributed by atoms with Gasteiger partial charge >= 0.3 is 5.97 Å². The summed E-state index contributed by atoms with van der Waals surface area (Å²) >= 11 is 0. The molecule has 1 heterocycles. The van der Waals surface area contributed by atoms with Crippen molar-refractivity contribution in [1.82, 2.24) is 14.9 Å². The number of nitrogens with zero attached hydrogens (tertiary/aromatic N) is 2. The molecule has 1 atom stereocenters. The molecule has 0 aliphatic heterocycles. The van der Waals surface area contributed by atoms with Crippen molar-refractivity contribution in [2.24, 2.45) is 0 Å². The summed E-state index contributed by atoms with van der Waals surface area (Å²) in [5.41, 5.74) is 0.942. The van der Waals surface area contributed by atoms with Crippen LogP contribution in [0.3, 0.4) is 0 Å². The molecule has 1 aromatic heterocycles. The zero-order chi connectivity index (χ0) is 15.5. The van der Waals surface area contributed by atoms with E-state index >= 15 is 0 Å². The summed E-state index contributed by atoms with van der Waals surface area (Å²) in [7, 11) is 0. The number of hydrogen-bond donors (Lipinski definition) is 1. The predicted octanol–water partition coefficient (Wildman–Crippen LogP) is 2.56. The highest BCUT2D eigenvalue weighted by molar-refractivity contribution is 5.76. The Kier molecular flexibility index (Phi) is 8.43. The molecular weight excluding hydrogens is 266 g/mol. The fraction of sp³-hybridized carbons (Fsp3) is 0.625. The molecular formula is C16H27N3O2. The van der Waals surface area contributed by atoms with Gasteiger partial charge in [-0.25, -0.2) is 4.98 Å². The van der Waals surface area contributed by atoms with Gasteiger partial charge in [-0.3, -0.25) is 9.69 Å². The molecule has 0 fully saturated rings. The minimum absolute atomic E-state index is 0.176. The average Bonchev–Trinajstić information content (AvgIpc) is 2.97. The molecule has 0 spiro atoms. The van der Waals surface area contributed by atoms with E-state index in [1.165, 1.54) is 0 Å². The highest BCUT2D eigenvalue weighted by atomic mass is 16.5. The quantitative estimate of drug-likeness (QED) is 0.387. The van der Waals surface area contributed by atoms with E-state index in [-0.39, 0.29) is 12.0 Å². The van der Waals surface area contributed by atoms with Crippen molar-refractivity contribution in [3.8, 4) is 0 Å². The van der Waals surface area contributed by atoms with Gasteiger partial charge in [-0.15, -0.1) is 6.58 Å². The first-order chi connectivity index (χ1) is 10.2. The van der Waals surface area contributed by atoms with Gasteiger partial charge in [-0.05, 0) is 19.9 Å². The number of unbranched alkanes of at least 4 members (excludes halogenated alkanes) is 2. The molecule has 21 heavy (non-hydrogen) atoms. The van der Waals surface area contributed by atoms with Crippen LogP contribution in [0.5, 0.6) is 0 Å². The lowest BCUT2D eigenvalue weighted by molar-refractivity contribution is -0.149. The third-order valence-corrected chi connectivity index (χ3v) is 3.38. The number of hydrogen-bond acceptors (Lipinski definition) is 4. The van der Waals surface area contributed by atoms with Crippen molar-refractivity contribution in [2.75, 3.05) is 19.7 Å². The van der Waals surface area contributed by atoms with Crippen LogP contribution in [-0.2, 0) is 16.0 Å². The molecule has 5 nitrogen and oxygen atoms in total. The number of rotatable bonds is 11. The second-order valence-electron chi connectivity index (χ2n) is 5.04. The van der Waals surface area contributed by atoms with E-state index in [1.807, 2.05) is 13.0 Å². The van der Waals surface area contributed by atoms with Crippen LogP contribution in [0.15, 0.2) is 25.2 Å². The van der Waals surface area contributed by atoms with Crippen LogP contribution < -0.4 is 0 Å². The van der Waals surface area contributed by atoms with E-state index in [9.17, 15) is 4.79 Å². The molecule has 0 radical (unpaired) electrons. The summed E-state index contributed by atoms with van der Waals surface area (Å²) in [6, 6.07) is -0.291. The number of aromatic nitrogens is 2. The number of carbonyl (C=O) groups excluding carboxylic acids is 1. The fourth-order valence-electron chi connectivity index (χ4n) is 2.31. The second kappa shape index (κ2) is 10.2. The predicted molar refractivity (Wildman–Crippen MR) is 84.0 cm³/mol. The summed E-state index contributed by atoms with van der Waals surface area (Å²) in [5, 5.41) is 0. The lowest BCUT2D eigenvalue weighted by atomic mass is 10.1. The zero-order valence-corrected chi connectivity index (χ0v) is 13.2. The largest absolute Gasteiger partial charge is 0.465 e. The maximum absolute atomic E-state index is 12.3. The van der Waals surface area contributed by atoms with E-state index in [1.54, 1.807) is 12.5 Å². The van der Waals surface area contributed by atoms with Crippen LogP contribution in [-0.4, -0.2) is 46.6 Å². The van der Waals surface area contributed by atoms with Gasteiger partial charge in [0.05, 0.1) is 12.9 Å². The first-order valence-corrected chi connectivity index (χ1v) is 7.71. The maximum atomic E-state index is 12.3. The van der Waals surface area contributed by atoms with Gasteiger partial charge in [0, 0.05) is 24.9 Å². The van der Waals surface area contributed by atoms with Crippen LogP contribution >= 0.6 is 0 Å². The highest BCUT2D eigenvalue weighted by Crippen LogP contribution is 2.11. The van der Waals surface area contributed by atoms with Gasteiger partial charge in [0.2, 0.25) is 0 Å². The van der Waals surface area contributed by atoms with Crippen LogP contribution in [0, 0.1) is 0 Å². The van der Waals surface area contributed by atoms with Crippen molar-refractivity contribution in [3.63, 3.8) is 0 Å². The molecule has 0 aliphatic rings. The van der Waals surface area contributed by atoms with Gasteiger partial charge in [0.1, 0.15) is 6.04 Å². The Balaban J connectivity index is 2.77. The lowest BCUT2D eigenvalue weighted by Crippen LogP contribution is -2.44. The topological polar surface area (TPSA) is 58.2 Å². The summed E-state index contributed by atoms with van der Waals surface area (Å²) < 4.78 is 5.24. The fourth-order valence-corrected chi connectivity index (χ4v) is 2.31. The zero-order valence-electron chi connectivity index (χ0n) is 13.2. The maximum Gasteiger partial charge on any atom is 0.323 e. The van der Waals surface area contributed by atoms with Crippen LogP contribution in [0.4, 0.5) is 0 Å².